The molecular weight excluding hydrogens is 224 g/mol. The first-order valence-corrected chi connectivity index (χ1v) is 6.64. The van der Waals surface area contributed by atoms with E-state index >= 15 is 0 Å². The summed E-state index contributed by atoms with van der Waals surface area (Å²) in [5, 5.41) is 9.10. The third kappa shape index (κ3) is 4.74. The Morgan fingerprint density at radius 3 is 2.61 bits per heavy atom. The molecule has 2 heteroatoms. The van der Waals surface area contributed by atoms with Crippen LogP contribution in [-0.2, 0) is 0 Å². The quantitative estimate of drug-likeness (QED) is 0.704. The van der Waals surface area contributed by atoms with Crippen molar-refractivity contribution in [2.45, 2.75) is 46.0 Å². The maximum Gasteiger partial charge on any atom is 0.336 e. The summed E-state index contributed by atoms with van der Waals surface area (Å²) in [4.78, 5) is 11.1. The number of carbonyl (C=O) groups is 1. The molecule has 0 aliphatic carbocycles. The van der Waals surface area contributed by atoms with Gasteiger partial charge in [0.15, 0.2) is 0 Å². The lowest BCUT2D eigenvalue weighted by molar-refractivity contribution is 0.0696. The minimum Gasteiger partial charge on any atom is -0.478 e. The predicted octanol–water partition coefficient (Wildman–Crippen LogP) is 4.76. The Bertz CT molecular complexity index is 419. The van der Waals surface area contributed by atoms with Crippen molar-refractivity contribution in [2.75, 3.05) is 0 Å². The van der Waals surface area contributed by atoms with Crippen LogP contribution in [0.3, 0.4) is 0 Å². The molecule has 98 valence electrons. The SMILES string of the molecule is CCCCCC/C(C)=C\c1ccccc1C(=O)O. The van der Waals surface area contributed by atoms with Crippen molar-refractivity contribution in [3.63, 3.8) is 0 Å². The van der Waals surface area contributed by atoms with E-state index in [-0.39, 0.29) is 0 Å². The maximum atomic E-state index is 11.1. The first kappa shape index (κ1) is 14.5. The molecule has 0 amide bonds. The summed E-state index contributed by atoms with van der Waals surface area (Å²) in [5.74, 6) is -0.861. The standard InChI is InChI=1S/C16H22O2/c1-3-4-5-6-9-13(2)12-14-10-7-8-11-15(14)16(17)18/h7-8,10-12H,3-6,9H2,1-2H3,(H,17,18)/b13-12-. The van der Waals surface area contributed by atoms with Crippen LogP contribution in [0.15, 0.2) is 29.8 Å². The van der Waals surface area contributed by atoms with Gasteiger partial charge in [-0.1, -0.05) is 56.0 Å². The minimum atomic E-state index is -0.861. The third-order valence-electron chi connectivity index (χ3n) is 3.02. The Hall–Kier alpha value is -1.57. The molecule has 0 unspecified atom stereocenters. The molecule has 0 aromatic heterocycles. The van der Waals surface area contributed by atoms with Crippen molar-refractivity contribution in [2.24, 2.45) is 0 Å². The highest BCUT2D eigenvalue weighted by atomic mass is 16.4. The number of unbranched alkanes of at least 4 members (excludes halogenated alkanes) is 3. The smallest absolute Gasteiger partial charge is 0.336 e. The number of allylic oxidation sites excluding steroid dienone is 1. The average Bonchev–Trinajstić information content (AvgIpc) is 2.35. The summed E-state index contributed by atoms with van der Waals surface area (Å²) in [6.45, 7) is 4.27. The van der Waals surface area contributed by atoms with Crippen LogP contribution >= 0.6 is 0 Å². The van der Waals surface area contributed by atoms with E-state index in [9.17, 15) is 4.79 Å². The molecule has 0 bridgehead atoms. The molecule has 0 radical (unpaired) electrons. The van der Waals surface area contributed by atoms with Crippen LogP contribution in [0, 0.1) is 0 Å². The summed E-state index contributed by atoms with van der Waals surface area (Å²) in [5.41, 5.74) is 2.43. The van der Waals surface area contributed by atoms with Crippen LogP contribution in [0.1, 0.15) is 61.9 Å². The number of aromatic carboxylic acids is 1. The second-order valence-electron chi connectivity index (χ2n) is 4.69. The monoisotopic (exact) mass is 246 g/mol. The van der Waals surface area contributed by atoms with Gasteiger partial charge in [0.05, 0.1) is 5.56 Å². The van der Waals surface area contributed by atoms with E-state index in [0.717, 1.165) is 12.0 Å². The van der Waals surface area contributed by atoms with Gasteiger partial charge in [-0.05, 0) is 31.4 Å². The fourth-order valence-electron chi connectivity index (χ4n) is 1.99. The van der Waals surface area contributed by atoms with Gasteiger partial charge in [0.1, 0.15) is 0 Å². The molecule has 2 nitrogen and oxygen atoms in total. The number of benzene rings is 1. The summed E-state index contributed by atoms with van der Waals surface area (Å²) in [7, 11) is 0. The summed E-state index contributed by atoms with van der Waals surface area (Å²) in [6, 6.07) is 7.15. The van der Waals surface area contributed by atoms with E-state index in [1.807, 2.05) is 18.2 Å². The van der Waals surface area contributed by atoms with Gasteiger partial charge >= 0.3 is 5.97 Å². The van der Waals surface area contributed by atoms with E-state index in [1.54, 1.807) is 12.1 Å². The second-order valence-corrected chi connectivity index (χ2v) is 4.69. The Kier molecular flexibility index (Phi) is 6.20. The molecule has 18 heavy (non-hydrogen) atoms. The first-order valence-electron chi connectivity index (χ1n) is 6.64. The molecule has 0 heterocycles. The van der Waals surface area contributed by atoms with Crippen molar-refractivity contribution in [1.29, 1.82) is 0 Å². The molecule has 0 aliphatic heterocycles. The molecule has 0 atom stereocenters. The molecule has 0 saturated carbocycles. The van der Waals surface area contributed by atoms with Gasteiger partial charge in [0.25, 0.3) is 0 Å². The Morgan fingerprint density at radius 1 is 1.22 bits per heavy atom. The lowest BCUT2D eigenvalue weighted by atomic mass is 10.0. The van der Waals surface area contributed by atoms with Gasteiger partial charge < -0.3 is 5.11 Å². The zero-order valence-corrected chi connectivity index (χ0v) is 11.3. The van der Waals surface area contributed by atoms with Crippen molar-refractivity contribution >= 4 is 12.0 Å². The third-order valence-corrected chi connectivity index (χ3v) is 3.02. The minimum absolute atomic E-state index is 0.380. The number of hydrogen-bond donors (Lipinski definition) is 1. The zero-order chi connectivity index (χ0) is 13.4. The van der Waals surface area contributed by atoms with Crippen molar-refractivity contribution < 1.29 is 9.90 Å². The van der Waals surface area contributed by atoms with Crippen molar-refractivity contribution in [3.8, 4) is 0 Å². The highest BCUT2D eigenvalue weighted by molar-refractivity contribution is 5.92. The zero-order valence-electron chi connectivity index (χ0n) is 11.3. The van der Waals surface area contributed by atoms with E-state index in [4.69, 9.17) is 5.11 Å². The Morgan fingerprint density at radius 2 is 1.94 bits per heavy atom. The van der Waals surface area contributed by atoms with E-state index in [1.165, 1.54) is 31.3 Å². The molecule has 1 rings (SSSR count). The van der Waals surface area contributed by atoms with Gasteiger partial charge in [-0.2, -0.15) is 0 Å². The van der Waals surface area contributed by atoms with Crippen LogP contribution in [-0.4, -0.2) is 11.1 Å². The van der Waals surface area contributed by atoms with Gasteiger partial charge in [-0.25, -0.2) is 4.79 Å². The van der Waals surface area contributed by atoms with E-state index < -0.39 is 5.97 Å². The van der Waals surface area contributed by atoms with Crippen LogP contribution < -0.4 is 0 Å². The molecule has 0 fully saturated rings. The van der Waals surface area contributed by atoms with E-state index in [0.29, 0.717) is 5.56 Å². The summed E-state index contributed by atoms with van der Waals surface area (Å²) >= 11 is 0. The first-order chi connectivity index (χ1) is 8.65. The predicted molar refractivity (Wildman–Crippen MR) is 75.8 cm³/mol. The van der Waals surface area contributed by atoms with Gasteiger partial charge in [-0.15, -0.1) is 0 Å². The van der Waals surface area contributed by atoms with Crippen LogP contribution in [0.2, 0.25) is 0 Å². The number of carboxylic acid groups (broad SMARTS) is 1. The van der Waals surface area contributed by atoms with E-state index in [2.05, 4.69) is 13.8 Å². The van der Waals surface area contributed by atoms with Gasteiger partial charge in [0.2, 0.25) is 0 Å². The number of hydrogen-bond acceptors (Lipinski definition) is 1. The lowest BCUT2D eigenvalue weighted by Gasteiger charge is -2.04. The molecule has 1 N–H and O–H groups in total. The molecule has 0 spiro atoms. The number of carboxylic acids is 1. The molecule has 0 saturated heterocycles. The fourth-order valence-corrected chi connectivity index (χ4v) is 1.99. The van der Waals surface area contributed by atoms with Crippen LogP contribution in [0.25, 0.3) is 6.08 Å². The van der Waals surface area contributed by atoms with Crippen molar-refractivity contribution in [1.82, 2.24) is 0 Å². The Balaban J connectivity index is 2.67. The highest BCUT2D eigenvalue weighted by Gasteiger charge is 2.06. The molecule has 1 aromatic carbocycles. The Labute approximate surface area is 109 Å². The average molecular weight is 246 g/mol. The van der Waals surface area contributed by atoms with Gasteiger partial charge in [-0.3, -0.25) is 0 Å². The highest BCUT2D eigenvalue weighted by Crippen LogP contribution is 2.17. The molecular formula is C16H22O2. The van der Waals surface area contributed by atoms with Gasteiger partial charge in [0, 0.05) is 0 Å². The summed E-state index contributed by atoms with van der Waals surface area (Å²) in [6.07, 6.45) is 8.00. The van der Waals surface area contributed by atoms with Crippen LogP contribution in [0.5, 0.6) is 0 Å². The van der Waals surface area contributed by atoms with Crippen LogP contribution in [0.4, 0.5) is 0 Å². The lowest BCUT2D eigenvalue weighted by Crippen LogP contribution is -1.99. The fraction of sp³-hybridized carbons (Fsp3) is 0.438. The maximum absolute atomic E-state index is 11.1. The molecule has 1 aromatic rings. The second kappa shape index (κ2) is 7.70. The largest absolute Gasteiger partial charge is 0.478 e. The number of rotatable bonds is 7. The topological polar surface area (TPSA) is 37.3 Å². The normalized spacial score (nSPS) is 11.6. The molecule has 0 aliphatic rings. The van der Waals surface area contributed by atoms with Crippen molar-refractivity contribution in [3.05, 3.63) is 41.0 Å². The summed E-state index contributed by atoms with van der Waals surface area (Å²) < 4.78 is 0.